The van der Waals surface area contributed by atoms with Crippen LogP contribution in [0.2, 0.25) is 0 Å². The zero-order valence-corrected chi connectivity index (χ0v) is 33.7. The van der Waals surface area contributed by atoms with Crippen LogP contribution in [0.3, 0.4) is 0 Å². The number of fused-ring (bicyclic) bond motifs is 9. The molecule has 3 atom stereocenters. The van der Waals surface area contributed by atoms with Crippen molar-refractivity contribution in [2.24, 2.45) is 0 Å². The summed E-state index contributed by atoms with van der Waals surface area (Å²) in [7, 11) is 0. The molecule has 272 valence electrons. The number of nitrogens with zero attached hydrogens (tertiary/aromatic N) is 2. The Morgan fingerprint density at radius 1 is 0.769 bits per heavy atom. The number of hydrogen-bond donors (Lipinski definition) is 0. The van der Waals surface area contributed by atoms with E-state index in [1.807, 2.05) is 0 Å². The number of hydrogen-bond acceptors (Lipinski definition) is 0. The second-order valence-corrected chi connectivity index (χ2v) is 18.6. The van der Waals surface area contributed by atoms with Gasteiger partial charge in [-0.2, -0.15) is 9.13 Å². The SMILES string of the molecule is CCCCc1ccc2[n+](c1)CC(C=C(CCC)C[n+]1cc3c(cc1-c1cc4c(cc1C)C(C)(C)CCC4(C)C)C1CCC3C1)(CC)c1ccccc1-2. The molecule has 0 saturated heterocycles. The molecule has 3 heterocycles. The van der Waals surface area contributed by atoms with Gasteiger partial charge in [-0.3, -0.25) is 0 Å². The van der Waals surface area contributed by atoms with Gasteiger partial charge in [-0.05, 0) is 139 Å². The monoisotopic (exact) mass is 693 g/mol. The molecule has 2 bridgehead atoms. The Bertz CT molecular complexity index is 2040. The molecule has 2 aromatic carbocycles. The van der Waals surface area contributed by atoms with E-state index in [-0.39, 0.29) is 16.2 Å². The van der Waals surface area contributed by atoms with E-state index >= 15 is 0 Å². The number of rotatable bonds is 10. The second-order valence-electron chi connectivity index (χ2n) is 18.6. The van der Waals surface area contributed by atoms with Crippen LogP contribution < -0.4 is 9.13 Å². The lowest BCUT2D eigenvalue weighted by Crippen LogP contribution is -2.50. The largest absolute Gasteiger partial charge is 0.213 e. The molecule has 1 saturated carbocycles. The van der Waals surface area contributed by atoms with E-state index in [0.717, 1.165) is 50.6 Å². The van der Waals surface area contributed by atoms with Gasteiger partial charge >= 0.3 is 0 Å². The molecule has 0 N–H and O–H groups in total. The van der Waals surface area contributed by atoms with E-state index in [9.17, 15) is 0 Å². The number of allylic oxidation sites excluding steroid dienone is 2. The van der Waals surface area contributed by atoms with Crippen LogP contribution in [0.15, 0.2) is 78.6 Å². The van der Waals surface area contributed by atoms with Crippen LogP contribution in [0.4, 0.5) is 0 Å². The minimum atomic E-state index is -0.0456. The van der Waals surface area contributed by atoms with Crippen molar-refractivity contribution in [1.29, 1.82) is 0 Å². The summed E-state index contributed by atoms with van der Waals surface area (Å²) in [5, 5.41) is 0. The average Bonchev–Trinajstić information content (AvgIpc) is 3.75. The molecule has 52 heavy (non-hydrogen) atoms. The lowest BCUT2D eigenvalue weighted by Gasteiger charge is -2.42. The number of aromatic nitrogens is 2. The van der Waals surface area contributed by atoms with Gasteiger partial charge in [-0.1, -0.05) is 91.6 Å². The molecule has 4 aromatic rings. The number of pyridine rings is 2. The molecule has 1 fully saturated rings. The van der Waals surface area contributed by atoms with E-state index in [2.05, 4.69) is 138 Å². The first-order valence-corrected chi connectivity index (χ1v) is 21.0. The molecule has 0 amide bonds. The van der Waals surface area contributed by atoms with E-state index in [4.69, 9.17) is 0 Å². The Morgan fingerprint density at radius 2 is 1.50 bits per heavy atom. The molecule has 0 radical (unpaired) electrons. The van der Waals surface area contributed by atoms with Gasteiger partial charge in [-0.15, -0.1) is 0 Å². The predicted octanol–water partition coefficient (Wildman–Crippen LogP) is 12.0. The molecular weight excluding hydrogens is 629 g/mol. The maximum absolute atomic E-state index is 2.76. The van der Waals surface area contributed by atoms with Crippen molar-refractivity contribution in [2.45, 2.75) is 167 Å². The van der Waals surface area contributed by atoms with Gasteiger partial charge in [0.15, 0.2) is 25.5 Å². The first-order valence-electron chi connectivity index (χ1n) is 21.0. The number of aryl methyl sites for hydroxylation is 2. The topological polar surface area (TPSA) is 7.76 Å². The Hall–Kier alpha value is -3.52. The molecular formula is C50H64N2+2. The van der Waals surface area contributed by atoms with Crippen molar-refractivity contribution < 1.29 is 9.13 Å². The summed E-state index contributed by atoms with van der Waals surface area (Å²) in [6, 6.07) is 21.9. The molecule has 0 spiro atoms. The Morgan fingerprint density at radius 3 is 2.23 bits per heavy atom. The van der Waals surface area contributed by atoms with Crippen molar-refractivity contribution in [2.75, 3.05) is 0 Å². The lowest BCUT2D eigenvalue weighted by molar-refractivity contribution is -0.696. The Labute approximate surface area is 315 Å². The highest BCUT2D eigenvalue weighted by molar-refractivity contribution is 5.67. The van der Waals surface area contributed by atoms with Crippen molar-refractivity contribution >= 4 is 0 Å². The zero-order valence-electron chi connectivity index (χ0n) is 33.7. The molecule has 1 aliphatic heterocycles. The minimum Gasteiger partial charge on any atom is -0.197 e. The summed E-state index contributed by atoms with van der Waals surface area (Å²) in [6.45, 7) is 21.3. The second kappa shape index (κ2) is 13.4. The van der Waals surface area contributed by atoms with E-state index in [1.165, 1.54) is 84.2 Å². The minimum absolute atomic E-state index is 0.0456. The maximum atomic E-state index is 2.76. The van der Waals surface area contributed by atoms with Crippen LogP contribution in [-0.2, 0) is 35.8 Å². The number of unbranched alkanes of at least 4 members (excludes halogenated alkanes) is 1. The maximum Gasteiger partial charge on any atom is 0.213 e. The smallest absolute Gasteiger partial charge is 0.197 e. The highest BCUT2D eigenvalue weighted by Crippen LogP contribution is 2.54. The van der Waals surface area contributed by atoms with Crippen LogP contribution in [0, 0.1) is 6.92 Å². The van der Waals surface area contributed by atoms with E-state index in [0.29, 0.717) is 0 Å². The molecule has 2 nitrogen and oxygen atoms in total. The van der Waals surface area contributed by atoms with Crippen LogP contribution in [0.1, 0.15) is 163 Å². The van der Waals surface area contributed by atoms with Gasteiger partial charge in [0, 0.05) is 28.8 Å². The Kier molecular flexibility index (Phi) is 9.15. The summed E-state index contributed by atoms with van der Waals surface area (Å²) < 4.78 is 5.31. The third kappa shape index (κ3) is 6.01. The van der Waals surface area contributed by atoms with Crippen LogP contribution >= 0.6 is 0 Å². The third-order valence-corrected chi connectivity index (χ3v) is 14.2. The van der Waals surface area contributed by atoms with Gasteiger partial charge in [0.25, 0.3) is 0 Å². The molecule has 8 rings (SSSR count). The normalized spacial score (nSPS) is 23.6. The summed E-state index contributed by atoms with van der Waals surface area (Å²) >= 11 is 0. The lowest BCUT2D eigenvalue weighted by atomic mass is 9.62. The van der Waals surface area contributed by atoms with Crippen molar-refractivity contribution in [3.63, 3.8) is 0 Å². The fourth-order valence-electron chi connectivity index (χ4n) is 10.9. The van der Waals surface area contributed by atoms with Gasteiger partial charge in [0.2, 0.25) is 11.4 Å². The van der Waals surface area contributed by atoms with Crippen LogP contribution in [-0.4, -0.2) is 0 Å². The molecule has 2 heteroatoms. The molecule has 3 aliphatic carbocycles. The van der Waals surface area contributed by atoms with Crippen LogP contribution in [0.25, 0.3) is 22.5 Å². The standard InChI is InChI=1S/C50H64N2/c1-9-12-16-35-19-22-46-39-17-13-14-18-43(39)50(11-3,33-52(46)30-35)29-36(15-10-2)31-51-32-42-38-21-20-37(26-38)41(42)28-47(51)40-27-45-44(25-34(40)4)48(5,6)23-24-49(45,7)8/h13-14,17-19,22,25,27-30,32,37-38H,9-12,15-16,20-21,23-24,26,31,33H2,1-8H3/q+2. The van der Waals surface area contributed by atoms with Crippen molar-refractivity contribution in [3.05, 3.63) is 118 Å². The fraction of sp³-hybridized carbons (Fsp3) is 0.520. The van der Waals surface area contributed by atoms with Gasteiger partial charge in [-0.25, -0.2) is 0 Å². The van der Waals surface area contributed by atoms with E-state index in [1.54, 1.807) is 27.8 Å². The summed E-state index contributed by atoms with van der Waals surface area (Å²) in [5.41, 5.74) is 18.4. The summed E-state index contributed by atoms with van der Waals surface area (Å²) in [6.07, 6.45) is 21.4. The van der Waals surface area contributed by atoms with Gasteiger partial charge in [0.05, 0.1) is 11.0 Å². The summed E-state index contributed by atoms with van der Waals surface area (Å²) in [5.74, 6) is 1.49. The van der Waals surface area contributed by atoms with Gasteiger partial charge < -0.3 is 0 Å². The molecule has 2 aromatic heterocycles. The predicted molar refractivity (Wildman–Crippen MR) is 217 cm³/mol. The first kappa shape index (κ1) is 35.5. The Balaban J connectivity index is 1.26. The average molecular weight is 693 g/mol. The number of benzene rings is 2. The summed E-state index contributed by atoms with van der Waals surface area (Å²) in [4.78, 5) is 0. The zero-order chi connectivity index (χ0) is 36.4. The van der Waals surface area contributed by atoms with E-state index < -0.39 is 0 Å². The van der Waals surface area contributed by atoms with Crippen LogP contribution in [0.5, 0.6) is 0 Å². The molecule has 4 aliphatic rings. The molecule has 3 unspecified atom stereocenters. The third-order valence-electron chi connectivity index (χ3n) is 14.2. The highest BCUT2D eigenvalue weighted by atomic mass is 15.0. The van der Waals surface area contributed by atoms with Gasteiger partial charge in [0.1, 0.15) is 0 Å². The van der Waals surface area contributed by atoms with Crippen molar-refractivity contribution in [3.8, 4) is 22.5 Å². The van der Waals surface area contributed by atoms with Crippen molar-refractivity contribution in [1.82, 2.24) is 0 Å². The first-order chi connectivity index (χ1) is 25.0. The fourth-order valence-corrected chi connectivity index (χ4v) is 10.9. The quantitative estimate of drug-likeness (QED) is 0.115. The highest BCUT2D eigenvalue weighted by Gasteiger charge is 2.44.